The van der Waals surface area contributed by atoms with Crippen LogP contribution in [0.2, 0.25) is 0 Å². The molecule has 0 saturated carbocycles. The fourth-order valence-electron chi connectivity index (χ4n) is 3.51. The van der Waals surface area contributed by atoms with Crippen molar-refractivity contribution in [3.05, 3.63) is 47.4 Å². The van der Waals surface area contributed by atoms with E-state index in [0.717, 1.165) is 31.9 Å². The molecule has 6 nitrogen and oxygen atoms in total. The molecule has 0 aliphatic carbocycles. The van der Waals surface area contributed by atoms with Crippen molar-refractivity contribution in [2.45, 2.75) is 40.0 Å². The van der Waals surface area contributed by atoms with Crippen LogP contribution in [-0.2, 0) is 0 Å². The SMILES string of the molecule is CCCCCNc1cnc(C(=O)N2CCN(c3cccc(C)c3C)CC2)cn1. The van der Waals surface area contributed by atoms with Gasteiger partial charge in [0.15, 0.2) is 0 Å². The van der Waals surface area contributed by atoms with Gasteiger partial charge in [-0.1, -0.05) is 31.9 Å². The number of rotatable bonds is 7. The van der Waals surface area contributed by atoms with Crippen molar-refractivity contribution in [2.24, 2.45) is 0 Å². The number of nitrogens with one attached hydrogen (secondary N) is 1. The first kappa shape index (κ1) is 20.1. The number of carbonyl (C=O) groups excluding carboxylic acids is 1. The van der Waals surface area contributed by atoms with Gasteiger partial charge in [0.2, 0.25) is 0 Å². The van der Waals surface area contributed by atoms with Gasteiger partial charge in [-0.15, -0.1) is 0 Å². The van der Waals surface area contributed by atoms with E-state index < -0.39 is 0 Å². The lowest BCUT2D eigenvalue weighted by Crippen LogP contribution is -2.49. The van der Waals surface area contributed by atoms with Crippen LogP contribution in [0.25, 0.3) is 0 Å². The van der Waals surface area contributed by atoms with Gasteiger partial charge >= 0.3 is 0 Å². The standard InChI is InChI=1S/C22H31N5O/c1-4-5-6-10-23-21-16-24-19(15-25-21)22(28)27-13-11-26(12-14-27)20-9-7-8-17(2)18(20)3/h7-9,15-16H,4-6,10-14H2,1-3H3,(H,23,25). The highest BCUT2D eigenvalue weighted by Crippen LogP contribution is 2.24. The third kappa shape index (κ3) is 4.80. The molecule has 150 valence electrons. The van der Waals surface area contributed by atoms with Crippen LogP contribution in [0.5, 0.6) is 0 Å². The molecule has 0 atom stereocenters. The van der Waals surface area contributed by atoms with E-state index >= 15 is 0 Å². The minimum absolute atomic E-state index is 0.0364. The van der Waals surface area contributed by atoms with Gasteiger partial charge in [-0.05, 0) is 37.5 Å². The van der Waals surface area contributed by atoms with E-state index in [1.807, 2.05) is 4.90 Å². The maximum Gasteiger partial charge on any atom is 0.274 e. The number of amides is 1. The number of hydrogen-bond donors (Lipinski definition) is 1. The van der Waals surface area contributed by atoms with E-state index in [1.165, 1.54) is 29.7 Å². The Bertz CT molecular complexity index is 782. The molecule has 1 N–H and O–H groups in total. The molecule has 3 rings (SSSR count). The molecule has 6 heteroatoms. The fraction of sp³-hybridized carbons (Fsp3) is 0.500. The fourth-order valence-corrected chi connectivity index (χ4v) is 3.51. The first-order valence-corrected chi connectivity index (χ1v) is 10.3. The zero-order valence-corrected chi connectivity index (χ0v) is 17.2. The predicted octanol–water partition coefficient (Wildman–Crippen LogP) is 3.66. The predicted molar refractivity (Wildman–Crippen MR) is 114 cm³/mol. The topological polar surface area (TPSA) is 61.4 Å². The molecular formula is C22H31N5O. The normalized spacial score (nSPS) is 14.2. The molecule has 1 fully saturated rings. The highest BCUT2D eigenvalue weighted by Gasteiger charge is 2.24. The van der Waals surface area contributed by atoms with E-state index in [0.29, 0.717) is 18.8 Å². The molecule has 1 aromatic carbocycles. The monoisotopic (exact) mass is 381 g/mol. The lowest BCUT2D eigenvalue weighted by molar-refractivity contribution is 0.0740. The Hall–Kier alpha value is -2.63. The van der Waals surface area contributed by atoms with Crippen LogP contribution in [-0.4, -0.2) is 53.5 Å². The van der Waals surface area contributed by atoms with Gasteiger partial charge in [-0.3, -0.25) is 4.79 Å². The molecule has 1 amide bonds. The largest absolute Gasteiger partial charge is 0.369 e. The Balaban J connectivity index is 1.54. The molecule has 1 aliphatic heterocycles. The van der Waals surface area contributed by atoms with Crippen LogP contribution in [0.3, 0.4) is 0 Å². The van der Waals surface area contributed by atoms with Crippen molar-refractivity contribution in [3.8, 4) is 0 Å². The number of aromatic nitrogens is 2. The summed E-state index contributed by atoms with van der Waals surface area (Å²) in [5, 5.41) is 3.25. The minimum atomic E-state index is -0.0364. The molecule has 1 aromatic heterocycles. The molecule has 2 heterocycles. The number of anilines is 2. The van der Waals surface area contributed by atoms with E-state index in [9.17, 15) is 4.79 Å². The average Bonchev–Trinajstić information content (AvgIpc) is 2.73. The lowest BCUT2D eigenvalue weighted by Gasteiger charge is -2.36. The van der Waals surface area contributed by atoms with Crippen molar-refractivity contribution in [2.75, 3.05) is 42.9 Å². The minimum Gasteiger partial charge on any atom is -0.369 e. The van der Waals surface area contributed by atoms with E-state index in [1.54, 1.807) is 12.4 Å². The number of benzene rings is 1. The average molecular weight is 382 g/mol. The summed E-state index contributed by atoms with van der Waals surface area (Å²) >= 11 is 0. The third-order valence-electron chi connectivity index (χ3n) is 5.44. The van der Waals surface area contributed by atoms with Crippen LogP contribution in [0, 0.1) is 13.8 Å². The van der Waals surface area contributed by atoms with Gasteiger partial charge in [-0.2, -0.15) is 0 Å². The van der Waals surface area contributed by atoms with E-state index in [4.69, 9.17) is 0 Å². The summed E-state index contributed by atoms with van der Waals surface area (Å²) in [4.78, 5) is 25.7. The van der Waals surface area contributed by atoms with Crippen molar-refractivity contribution >= 4 is 17.4 Å². The smallest absolute Gasteiger partial charge is 0.274 e. The zero-order valence-electron chi connectivity index (χ0n) is 17.2. The second-order valence-corrected chi connectivity index (χ2v) is 7.42. The van der Waals surface area contributed by atoms with Crippen LogP contribution in [0.4, 0.5) is 11.5 Å². The number of aryl methyl sites for hydroxylation is 1. The number of piperazine rings is 1. The molecular weight excluding hydrogens is 350 g/mol. The van der Waals surface area contributed by atoms with Gasteiger partial charge in [0.25, 0.3) is 5.91 Å². The summed E-state index contributed by atoms with van der Waals surface area (Å²) in [6.07, 6.45) is 6.75. The Morgan fingerprint density at radius 2 is 1.86 bits per heavy atom. The van der Waals surface area contributed by atoms with Crippen LogP contribution < -0.4 is 10.2 Å². The Labute approximate surface area is 168 Å². The molecule has 0 unspecified atom stereocenters. The van der Waals surface area contributed by atoms with Gasteiger partial charge in [0.1, 0.15) is 11.5 Å². The van der Waals surface area contributed by atoms with Crippen molar-refractivity contribution < 1.29 is 4.79 Å². The molecule has 1 saturated heterocycles. The number of hydrogen-bond acceptors (Lipinski definition) is 5. The van der Waals surface area contributed by atoms with E-state index in [-0.39, 0.29) is 5.91 Å². The van der Waals surface area contributed by atoms with Crippen LogP contribution in [0.15, 0.2) is 30.6 Å². The van der Waals surface area contributed by atoms with Gasteiger partial charge in [-0.25, -0.2) is 9.97 Å². The van der Waals surface area contributed by atoms with E-state index in [2.05, 4.69) is 59.2 Å². The van der Waals surface area contributed by atoms with Gasteiger partial charge < -0.3 is 15.1 Å². The third-order valence-corrected chi connectivity index (χ3v) is 5.44. The summed E-state index contributed by atoms with van der Waals surface area (Å²) in [6.45, 7) is 10.4. The van der Waals surface area contributed by atoms with Crippen LogP contribution in [0.1, 0.15) is 47.8 Å². The molecule has 0 bridgehead atoms. The second-order valence-electron chi connectivity index (χ2n) is 7.42. The lowest BCUT2D eigenvalue weighted by atomic mass is 10.1. The molecule has 0 radical (unpaired) electrons. The number of carbonyl (C=O) groups is 1. The molecule has 2 aromatic rings. The number of unbranched alkanes of at least 4 members (excludes halogenated alkanes) is 2. The molecule has 1 aliphatic rings. The summed E-state index contributed by atoms with van der Waals surface area (Å²) in [5.74, 6) is 0.693. The quantitative estimate of drug-likeness (QED) is 0.742. The van der Waals surface area contributed by atoms with Gasteiger partial charge in [0, 0.05) is 38.4 Å². The van der Waals surface area contributed by atoms with Crippen molar-refractivity contribution in [1.29, 1.82) is 0 Å². The maximum absolute atomic E-state index is 12.8. The summed E-state index contributed by atoms with van der Waals surface area (Å²) in [6, 6.07) is 6.40. The van der Waals surface area contributed by atoms with Gasteiger partial charge in [0.05, 0.1) is 12.4 Å². The zero-order chi connectivity index (χ0) is 19.9. The maximum atomic E-state index is 12.8. The second kappa shape index (κ2) is 9.53. The Kier molecular flexibility index (Phi) is 6.85. The number of nitrogens with zero attached hydrogens (tertiary/aromatic N) is 4. The first-order valence-electron chi connectivity index (χ1n) is 10.3. The molecule has 0 spiro atoms. The van der Waals surface area contributed by atoms with Crippen molar-refractivity contribution in [1.82, 2.24) is 14.9 Å². The summed E-state index contributed by atoms with van der Waals surface area (Å²) in [7, 11) is 0. The summed E-state index contributed by atoms with van der Waals surface area (Å²) < 4.78 is 0. The Morgan fingerprint density at radius 3 is 2.54 bits per heavy atom. The van der Waals surface area contributed by atoms with Crippen LogP contribution >= 0.6 is 0 Å². The molecule has 28 heavy (non-hydrogen) atoms. The highest BCUT2D eigenvalue weighted by molar-refractivity contribution is 5.92. The first-order chi connectivity index (χ1) is 13.6. The van der Waals surface area contributed by atoms with Crippen molar-refractivity contribution in [3.63, 3.8) is 0 Å². The Morgan fingerprint density at radius 1 is 1.07 bits per heavy atom. The summed E-state index contributed by atoms with van der Waals surface area (Å²) in [5.41, 5.74) is 4.30. The highest BCUT2D eigenvalue weighted by atomic mass is 16.2.